The first kappa shape index (κ1) is 29.7. The summed E-state index contributed by atoms with van der Waals surface area (Å²) in [6.07, 6.45) is 5.12. The molecule has 0 heterocycles. The number of alkyl carbamates (subject to hydrolysis) is 1. The Bertz CT molecular complexity index is 1600. The number of aromatic hydroxyl groups is 1. The number of carbonyl (C=O) groups excluding carboxylic acids is 3. The van der Waals surface area contributed by atoms with Crippen LogP contribution < -0.4 is 10.6 Å². The van der Waals surface area contributed by atoms with Crippen molar-refractivity contribution in [2.45, 2.75) is 44.9 Å². The Labute approximate surface area is 245 Å². The topological polar surface area (TPSA) is 108 Å². The minimum Gasteiger partial charge on any atom is -0.508 e. The molecule has 2 atom stereocenters. The zero-order valence-electron chi connectivity index (χ0n) is 23.7. The number of anilines is 1. The third-order valence-electron chi connectivity index (χ3n) is 6.38. The fourth-order valence-electron chi connectivity index (χ4n) is 4.48. The van der Waals surface area contributed by atoms with Gasteiger partial charge in [-0.15, -0.1) is 0 Å². The molecule has 3 N–H and O–H groups in total. The van der Waals surface area contributed by atoms with E-state index in [9.17, 15) is 19.5 Å². The predicted molar refractivity (Wildman–Crippen MR) is 162 cm³/mol. The van der Waals surface area contributed by atoms with Crippen LogP contribution in [0.4, 0.5) is 10.5 Å². The van der Waals surface area contributed by atoms with E-state index in [2.05, 4.69) is 16.7 Å². The van der Waals surface area contributed by atoms with E-state index in [4.69, 9.17) is 11.2 Å². The van der Waals surface area contributed by atoms with Gasteiger partial charge in [-0.05, 0) is 66.9 Å². The number of nitrogens with one attached hydrogen (secondary N) is 2. The van der Waals surface area contributed by atoms with Crippen molar-refractivity contribution in [2.24, 2.45) is 0 Å². The van der Waals surface area contributed by atoms with Gasteiger partial charge < -0.3 is 20.5 Å². The lowest BCUT2D eigenvalue weighted by molar-refractivity contribution is -0.136. The van der Waals surface area contributed by atoms with Crippen molar-refractivity contribution in [1.29, 1.82) is 0 Å². The van der Waals surface area contributed by atoms with Gasteiger partial charge in [0.15, 0.2) is 0 Å². The lowest BCUT2D eigenvalue weighted by atomic mass is 10.0. The maximum Gasteiger partial charge on any atom is 0.408 e. The summed E-state index contributed by atoms with van der Waals surface area (Å²) in [6, 6.07) is 28.2. The molecule has 0 radical (unpaired) electrons. The number of hydrogen-bond acceptors (Lipinski definition) is 5. The molecule has 2 unspecified atom stereocenters. The first-order chi connectivity index (χ1) is 20.0. The van der Waals surface area contributed by atoms with Gasteiger partial charge in [0, 0.05) is 18.2 Å². The van der Waals surface area contributed by atoms with E-state index in [0.29, 0.717) is 16.8 Å². The molecule has 0 saturated carbocycles. The summed E-state index contributed by atoms with van der Waals surface area (Å²) in [7, 11) is 0. The molecular weight excluding hydrogens is 530 g/mol. The maximum atomic E-state index is 14.1. The fourth-order valence-corrected chi connectivity index (χ4v) is 4.48. The number of rotatable bonds is 8. The van der Waals surface area contributed by atoms with E-state index in [0.717, 1.165) is 15.7 Å². The SMILES string of the molecule is C#CN(C(=O)C(Cc1ccc(O)cc1)NC(=O)OC(C)(C)C)C(C(=O)Nc1ccc2ccccc2c1)c1ccccc1. The van der Waals surface area contributed by atoms with Gasteiger partial charge in [-0.2, -0.15) is 0 Å². The largest absolute Gasteiger partial charge is 0.508 e. The highest BCUT2D eigenvalue weighted by molar-refractivity contribution is 6.01. The van der Waals surface area contributed by atoms with Gasteiger partial charge in [-0.1, -0.05) is 79.2 Å². The monoisotopic (exact) mass is 563 g/mol. The van der Waals surface area contributed by atoms with E-state index in [1.807, 2.05) is 36.4 Å². The minimum atomic E-state index is -1.21. The highest BCUT2D eigenvalue weighted by atomic mass is 16.6. The molecule has 3 amide bonds. The zero-order chi connectivity index (χ0) is 30.3. The normalized spacial score (nSPS) is 12.4. The third-order valence-corrected chi connectivity index (χ3v) is 6.38. The molecule has 0 bridgehead atoms. The lowest BCUT2D eigenvalue weighted by Gasteiger charge is -2.30. The average Bonchev–Trinajstić information content (AvgIpc) is 2.95. The van der Waals surface area contributed by atoms with Gasteiger partial charge in [0.2, 0.25) is 0 Å². The summed E-state index contributed by atoms with van der Waals surface area (Å²) < 4.78 is 5.40. The maximum absolute atomic E-state index is 14.1. The molecule has 4 aromatic carbocycles. The van der Waals surface area contributed by atoms with Crippen LogP contribution in [-0.4, -0.2) is 39.6 Å². The average molecular weight is 564 g/mol. The van der Waals surface area contributed by atoms with Crippen LogP contribution in [0.2, 0.25) is 0 Å². The Hall–Kier alpha value is -5.29. The molecule has 0 aromatic heterocycles. The van der Waals surface area contributed by atoms with Crippen molar-refractivity contribution in [2.75, 3.05) is 5.32 Å². The molecule has 0 aliphatic heterocycles. The van der Waals surface area contributed by atoms with Gasteiger partial charge in [0.1, 0.15) is 23.4 Å². The van der Waals surface area contributed by atoms with Crippen LogP contribution in [0.15, 0.2) is 97.1 Å². The molecule has 0 aliphatic rings. The van der Waals surface area contributed by atoms with Crippen LogP contribution in [-0.2, 0) is 20.7 Å². The van der Waals surface area contributed by atoms with Crippen molar-refractivity contribution in [3.63, 3.8) is 0 Å². The summed E-state index contributed by atoms with van der Waals surface area (Å²) in [4.78, 5) is 41.7. The molecule has 42 heavy (non-hydrogen) atoms. The van der Waals surface area contributed by atoms with Gasteiger partial charge in [-0.3, -0.25) is 14.5 Å². The Morgan fingerprint density at radius 1 is 0.905 bits per heavy atom. The zero-order valence-corrected chi connectivity index (χ0v) is 23.7. The summed E-state index contributed by atoms with van der Waals surface area (Å²) in [5, 5.41) is 17.2. The molecule has 8 nitrogen and oxygen atoms in total. The third kappa shape index (κ3) is 7.67. The second-order valence-electron chi connectivity index (χ2n) is 10.8. The number of ether oxygens (including phenoxy) is 1. The number of amides is 3. The molecule has 0 aliphatic carbocycles. The first-order valence-electron chi connectivity index (χ1n) is 13.5. The van der Waals surface area contributed by atoms with E-state index in [-0.39, 0.29) is 12.2 Å². The van der Waals surface area contributed by atoms with Crippen LogP contribution in [0, 0.1) is 12.5 Å². The number of hydrogen-bond donors (Lipinski definition) is 3. The van der Waals surface area contributed by atoms with E-state index >= 15 is 0 Å². The second kappa shape index (κ2) is 12.9. The fraction of sp³-hybridized carbons (Fsp3) is 0.206. The molecule has 0 saturated heterocycles. The smallest absolute Gasteiger partial charge is 0.408 e. The first-order valence-corrected chi connectivity index (χ1v) is 13.5. The number of phenolic OH excluding ortho intramolecular Hbond substituents is 1. The summed E-state index contributed by atoms with van der Waals surface area (Å²) in [5.74, 6) is -1.15. The van der Waals surface area contributed by atoms with E-state index < -0.39 is 35.6 Å². The van der Waals surface area contributed by atoms with Gasteiger partial charge in [-0.25, -0.2) is 4.79 Å². The number of nitrogens with zero attached hydrogens (tertiary/aromatic N) is 1. The Morgan fingerprint density at radius 3 is 2.19 bits per heavy atom. The van der Waals surface area contributed by atoms with Crippen molar-refractivity contribution >= 4 is 34.4 Å². The van der Waals surface area contributed by atoms with Crippen molar-refractivity contribution in [3.8, 4) is 18.2 Å². The number of benzene rings is 4. The lowest BCUT2D eigenvalue weighted by Crippen LogP contribution is -2.51. The highest BCUT2D eigenvalue weighted by Gasteiger charge is 2.36. The van der Waals surface area contributed by atoms with Gasteiger partial charge in [0.05, 0.1) is 0 Å². The standard InChI is InChI=1S/C34H33N3O5/c1-5-37(32(40)29(36-33(41)42-34(2,3)4)21-23-15-19-28(38)20-16-23)30(25-12-7-6-8-13-25)31(39)35-27-18-17-24-11-9-10-14-26(24)22-27/h1,6-20,22,29-30,38H,21H2,2-4H3,(H,35,39)(H,36,41). The van der Waals surface area contributed by atoms with E-state index in [1.54, 1.807) is 69.3 Å². The van der Waals surface area contributed by atoms with Gasteiger partial charge in [0.25, 0.3) is 11.8 Å². The van der Waals surface area contributed by atoms with E-state index in [1.165, 1.54) is 12.1 Å². The number of terminal acetylenes is 1. The Balaban J connectivity index is 1.68. The molecule has 4 aromatic rings. The molecule has 0 spiro atoms. The molecule has 4 rings (SSSR count). The predicted octanol–water partition coefficient (Wildman–Crippen LogP) is 5.78. The molecule has 0 fully saturated rings. The summed E-state index contributed by atoms with van der Waals surface area (Å²) >= 11 is 0. The van der Waals surface area contributed by atoms with Crippen LogP contribution in [0.25, 0.3) is 10.8 Å². The van der Waals surface area contributed by atoms with Crippen LogP contribution in [0.1, 0.15) is 37.9 Å². The Kier molecular flexibility index (Phi) is 9.13. The van der Waals surface area contributed by atoms with Crippen LogP contribution in [0.3, 0.4) is 0 Å². The number of fused-ring (bicyclic) bond motifs is 1. The quantitative estimate of drug-likeness (QED) is 0.186. The minimum absolute atomic E-state index is 0.0321. The number of carbonyl (C=O) groups is 3. The van der Waals surface area contributed by atoms with Crippen molar-refractivity contribution < 1.29 is 24.2 Å². The molecule has 8 heteroatoms. The number of phenols is 1. The highest BCUT2D eigenvalue weighted by Crippen LogP contribution is 2.26. The molecular formula is C34H33N3O5. The summed E-state index contributed by atoms with van der Waals surface area (Å²) in [6.45, 7) is 5.12. The van der Waals surface area contributed by atoms with Crippen molar-refractivity contribution in [1.82, 2.24) is 10.2 Å². The van der Waals surface area contributed by atoms with Gasteiger partial charge >= 0.3 is 6.09 Å². The van der Waals surface area contributed by atoms with Crippen LogP contribution in [0.5, 0.6) is 5.75 Å². The molecule has 214 valence electrons. The van der Waals surface area contributed by atoms with Crippen molar-refractivity contribution in [3.05, 3.63) is 108 Å². The van der Waals surface area contributed by atoms with Crippen LogP contribution >= 0.6 is 0 Å². The Morgan fingerprint density at radius 2 is 1.55 bits per heavy atom. The summed E-state index contributed by atoms with van der Waals surface area (Å²) in [5.41, 5.74) is 0.865. The second-order valence-corrected chi connectivity index (χ2v) is 10.8.